The summed E-state index contributed by atoms with van der Waals surface area (Å²) in [5.74, 6) is 1.04. The Morgan fingerprint density at radius 1 is 1.07 bits per heavy atom. The third-order valence-corrected chi connectivity index (χ3v) is 7.09. The van der Waals surface area contributed by atoms with E-state index in [-0.39, 0.29) is 11.3 Å². The van der Waals surface area contributed by atoms with Gasteiger partial charge in [-0.05, 0) is 50.3 Å². The Balaban J connectivity index is 1.34. The van der Waals surface area contributed by atoms with Crippen LogP contribution in [0.15, 0.2) is 42.2 Å². The van der Waals surface area contributed by atoms with Crippen molar-refractivity contribution in [2.45, 2.75) is 51.0 Å². The molecule has 3 fully saturated rings. The molecule has 1 spiro atoms. The lowest BCUT2D eigenvalue weighted by Gasteiger charge is -2.42. The molecule has 0 N–H and O–H groups in total. The van der Waals surface area contributed by atoms with Crippen molar-refractivity contribution < 1.29 is 14.3 Å². The molecule has 152 valence electrons. The summed E-state index contributed by atoms with van der Waals surface area (Å²) in [5.41, 5.74) is 1.14. The minimum atomic E-state index is -0.375. The lowest BCUT2D eigenvalue weighted by atomic mass is 9.77. The SMILES string of the molecule is O=C(C1=Cc2ccccc2OC=C1)N1CC[C@]2(CCCN(C3CCCC3)C2=O)C1. The lowest BCUT2D eigenvalue weighted by molar-refractivity contribution is -0.148. The zero-order valence-electron chi connectivity index (χ0n) is 16.8. The van der Waals surface area contributed by atoms with Crippen LogP contribution in [0.5, 0.6) is 5.75 Å². The molecule has 3 heterocycles. The van der Waals surface area contributed by atoms with Gasteiger partial charge in [0, 0.05) is 36.8 Å². The second-order valence-electron chi connectivity index (χ2n) is 8.86. The Bertz CT molecular complexity index is 884. The monoisotopic (exact) mass is 392 g/mol. The van der Waals surface area contributed by atoms with Gasteiger partial charge in [-0.2, -0.15) is 0 Å². The van der Waals surface area contributed by atoms with Gasteiger partial charge in [0.1, 0.15) is 5.75 Å². The summed E-state index contributed by atoms with van der Waals surface area (Å²) in [4.78, 5) is 30.7. The molecule has 1 aromatic rings. The Labute approximate surface area is 172 Å². The van der Waals surface area contributed by atoms with Crippen LogP contribution in [-0.4, -0.2) is 47.3 Å². The fourth-order valence-electron chi connectivity index (χ4n) is 5.51. The zero-order valence-corrected chi connectivity index (χ0v) is 16.8. The van der Waals surface area contributed by atoms with Gasteiger partial charge in [-0.25, -0.2) is 0 Å². The summed E-state index contributed by atoms with van der Waals surface area (Å²) >= 11 is 0. The summed E-state index contributed by atoms with van der Waals surface area (Å²) in [6.45, 7) is 2.08. The number of piperidine rings is 1. The smallest absolute Gasteiger partial charge is 0.254 e. The van der Waals surface area contributed by atoms with Crippen molar-refractivity contribution in [2.75, 3.05) is 19.6 Å². The molecule has 5 rings (SSSR count). The maximum atomic E-state index is 13.4. The van der Waals surface area contributed by atoms with Crippen molar-refractivity contribution in [1.29, 1.82) is 0 Å². The fourth-order valence-corrected chi connectivity index (χ4v) is 5.51. The molecule has 1 atom stereocenters. The largest absolute Gasteiger partial charge is 0.464 e. The maximum absolute atomic E-state index is 13.4. The lowest BCUT2D eigenvalue weighted by Crippen LogP contribution is -2.53. The number of likely N-dealkylation sites (tertiary alicyclic amines) is 2. The van der Waals surface area contributed by atoms with E-state index in [0.29, 0.717) is 30.6 Å². The summed E-state index contributed by atoms with van der Waals surface area (Å²) in [5, 5.41) is 0. The Hall–Kier alpha value is -2.56. The summed E-state index contributed by atoms with van der Waals surface area (Å²) in [6.07, 6.45) is 12.7. The first kappa shape index (κ1) is 18.5. The van der Waals surface area contributed by atoms with Gasteiger partial charge >= 0.3 is 0 Å². The molecule has 1 aliphatic carbocycles. The first-order valence-electron chi connectivity index (χ1n) is 10.9. The molecule has 0 unspecified atom stereocenters. The van der Waals surface area contributed by atoms with E-state index in [9.17, 15) is 9.59 Å². The van der Waals surface area contributed by atoms with Crippen LogP contribution in [0, 0.1) is 5.41 Å². The van der Waals surface area contributed by atoms with Crippen LogP contribution >= 0.6 is 0 Å². The molecule has 3 aliphatic heterocycles. The number of hydrogen-bond donors (Lipinski definition) is 0. The Morgan fingerprint density at radius 2 is 1.90 bits per heavy atom. The van der Waals surface area contributed by atoms with Crippen molar-refractivity contribution in [3.05, 3.63) is 47.7 Å². The van der Waals surface area contributed by atoms with Crippen LogP contribution in [-0.2, 0) is 9.59 Å². The van der Waals surface area contributed by atoms with Gasteiger partial charge in [0.2, 0.25) is 5.91 Å². The van der Waals surface area contributed by atoms with Crippen LogP contribution in [0.2, 0.25) is 0 Å². The number of amides is 2. The molecular weight excluding hydrogens is 364 g/mol. The molecule has 4 aliphatic rings. The van der Waals surface area contributed by atoms with Gasteiger partial charge in [0.15, 0.2) is 0 Å². The second kappa shape index (κ2) is 7.36. The highest BCUT2D eigenvalue weighted by molar-refractivity contribution is 6.01. The van der Waals surface area contributed by atoms with Crippen LogP contribution in [0.1, 0.15) is 50.5 Å². The molecule has 0 radical (unpaired) electrons. The van der Waals surface area contributed by atoms with E-state index in [1.165, 1.54) is 12.8 Å². The highest BCUT2D eigenvalue weighted by atomic mass is 16.5. The van der Waals surface area contributed by atoms with Gasteiger partial charge < -0.3 is 14.5 Å². The van der Waals surface area contributed by atoms with E-state index < -0.39 is 0 Å². The predicted octanol–water partition coefficient (Wildman–Crippen LogP) is 3.76. The number of rotatable bonds is 2. The van der Waals surface area contributed by atoms with Gasteiger partial charge in [-0.1, -0.05) is 31.0 Å². The summed E-state index contributed by atoms with van der Waals surface area (Å²) < 4.78 is 5.63. The fraction of sp³-hybridized carbons (Fsp3) is 0.500. The van der Waals surface area contributed by atoms with Crippen LogP contribution < -0.4 is 4.74 Å². The van der Waals surface area contributed by atoms with Crippen LogP contribution in [0.4, 0.5) is 0 Å². The number of hydrogen-bond acceptors (Lipinski definition) is 3. The van der Waals surface area contributed by atoms with E-state index in [2.05, 4.69) is 4.90 Å². The average molecular weight is 392 g/mol. The highest BCUT2D eigenvalue weighted by Crippen LogP contribution is 2.42. The van der Waals surface area contributed by atoms with Gasteiger partial charge in [-0.15, -0.1) is 0 Å². The predicted molar refractivity (Wildman–Crippen MR) is 111 cm³/mol. The van der Waals surface area contributed by atoms with E-state index in [4.69, 9.17) is 4.74 Å². The molecule has 1 aromatic carbocycles. The highest BCUT2D eigenvalue weighted by Gasteiger charge is 2.50. The van der Waals surface area contributed by atoms with Gasteiger partial charge in [0.05, 0.1) is 11.7 Å². The normalized spacial score (nSPS) is 27.0. The zero-order chi connectivity index (χ0) is 19.8. The Morgan fingerprint density at radius 3 is 2.76 bits per heavy atom. The number of carbonyl (C=O) groups is 2. The first-order chi connectivity index (χ1) is 14.2. The van der Waals surface area contributed by atoms with Crippen molar-refractivity contribution in [1.82, 2.24) is 9.80 Å². The van der Waals surface area contributed by atoms with Crippen molar-refractivity contribution in [2.24, 2.45) is 5.41 Å². The van der Waals surface area contributed by atoms with Crippen molar-refractivity contribution in [3.63, 3.8) is 0 Å². The number of carbonyl (C=O) groups excluding carboxylic acids is 2. The maximum Gasteiger partial charge on any atom is 0.254 e. The first-order valence-corrected chi connectivity index (χ1v) is 10.9. The molecule has 2 amide bonds. The number of nitrogens with zero attached hydrogens (tertiary/aromatic N) is 2. The van der Waals surface area contributed by atoms with E-state index in [0.717, 1.165) is 50.0 Å². The number of fused-ring (bicyclic) bond motifs is 1. The molecule has 0 aromatic heterocycles. The van der Waals surface area contributed by atoms with Crippen LogP contribution in [0.3, 0.4) is 0 Å². The summed E-state index contributed by atoms with van der Waals surface area (Å²) in [6, 6.07) is 8.13. The third-order valence-electron chi connectivity index (χ3n) is 7.09. The van der Waals surface area contributed by atoms with Gasteiger partial charge in [-0.3, -0.25) is 9.59 Å². The van der Waals surface area contributed by atoms with Gasteiger partial charge in [0.25, 0.3) is 5.91 Å². The summed E-state index contributed by atoms with van der Waals surface area (Å²) in [7, 11) is 0. The molecule has 5 heteroatoms. The number of ether oxygens (including phenoxy) is 1. The minimum Gasteiger partial charge on any atom is -0.464 e. The average Bonchev–Trinajstić information content (AvgIpc) is 3.36. The molecule has 1 saturated carbocycles. The number of para-hydroxylation sites is 1. The van der Waals surface area contributed by atoms with Crippen molar-refractivity contribution >= 4 is 17.9 Å². The molecule has 2 saturated heterocycles. The standard InChI is InChI=1S/C24H28N2O3/c27-22(19-10-15-29-21-9-4-1-6-18(21)16-19)25-14-12-24(17-25)11-5-13-26(23(24)28)20-7-2-3-8-20/h1,4,6,9-10,15-16,20H,2-3,5,7-8,11-14,17H2/t24-/m1/s1. The van der Waals surface area contributed by atoms with Crippen LogP contribution in [0.25, 0.3) is 6.08 Å². The molecule has 5 nitrogen and oxygen atoms in total. The molecule has 0 bridgehead atoms. The van der Waals surface area contributed by atoms with E-state index in [1.54, 1.807) is 12.3 Å². The Kier molecular flexibility index (Phi) is 4.69. The van der Waals surface area contributed by atoms with Crippen molar-refractivity contribution in [3.8, 4) is 5.75 Å². The third kappa shape index (κ3) is 3.26. The minimum absolute atomic E-state index is 0.00998. The molecule has 29 heavy (non-hydrogen) atoms. The second-order valence-corrected chi connectivity index (χ2v) is 8.86. The number of benzene rings is 1. The topological polar surface area (TPSA) is 49.9 Å². The van der Waals surface area contributed by atoms with E-state index >= 15 is 0 Å². The quantitative estimate of drug-likeness (QED) is 0.770. The van der Waals surface area contributed by atoms with E-state index in [1.807, 2.05) is 35.2 Å². The molecular formula is C24H28N2O3.